The van der Waals surface area contributed by atoms with Crippen molar-refractivity contribution in [3.63, 3.8) is 0 Å². The lowest BCUT2D eigenvalue weighted by atomic mass is 9.88. The molecule has 0 aliphatic carbocycles. The van der Waals surface area contributed by atoms with Crippen LogP contribution in [0.3, 0.4) is 0 Å². The van der Waals surface area contributed by atoms with Crippen LogP contribution in [0.2, 0.25) is 0 Å². The molecule has 2 rings (SSSR count). The van der Waals surface area contributed by atoms with E-state index in [1.165, 1.54) is 6.07 Å². The molecule has 1 aromatic carbocycles. The van der Waals surface area contributed by atoms with E-state index in [9.17, 15) is 4.39 Å². The molecule has 2 nitrogen and oxygen atoms in total. The van der Waals surface area contributed by atoms with Gasteiger partial charge in [-0.15, -0.1) is 12.4 Å². The molecule has 0 amide bonds. The first-order valence-corrected chi connectivity index (χ1v) is 6.26. The minimum Gasteiger partial charge on any atom is -0.381 e. The van der Waals surface area contributed by atoms with E-state index in [-0.39, 0.29) is 24.3 Å². The van der Waals surface area contributed by atoms with Gasteiger partial charge in [0, 0.05) is 19.3 Å². The summed E-state index contributed by atoms with van der Waals surface area (Å²) in [5.74, 6) is 0.189. The average Bonchev–Trinajstić information content (AvgIpc) is 2.33. The molecule has 1 atom stereocenters. The largest absolute Gasteiger partial charge is 0.381 e. The number of halogens is 3. The SMILES string of the molecule is Cl.N[C@H](c1ccc(F)c(Br)c1)C1CCOCC1. The van der Waals surface area contributed by atoms with Gasteiger partial charge in [0.1, 0.15) is 5.82 Å². The Kier molecular flexibility index (Phi) is 5.86. The van der Waals surface area contributed by atoms with Crippen LogP contribution in [0.5, 0.6) is 0 Å². The van der Waals surface area contributed by atoms with Crippen molar-refractivity contribution >= 4 is 28.3 Å². The third-order valence-electron chi connectivity index (χ3n) is 3.10. The number of benzene rings is 1. The van der Waals surface area contributed by atoms with Crippen molar-refractivity contribution in [1.29, 1.82) is 0 Å². The Morgan fingerprint density at radius 2 is 2.00 bits per heavy atom. The van der Waals surface area contributed by atoms with Crippen molar-refractivity contribution in [3.8, 4) is 0 Å². The quantitative estimate of drug-likeness (QED) is 0.904. The second kappa shape index (κ2) is 6.69. The Hall–Kier alpha value is -0.160. The summed E-state index contributed by atoms with van der Waals surface area (Å²) in [6, 6.07) is 4.97. The van der Waals surface area contributed by atoms with Crippen LogP contribution in [0.15, 0.2) is 22.7 Å². The van der Waals surface area contributed by atoms with E-state index in [2.05, 4.69) is 15.9 Å². The van der Waals surface area contributed by atoms with Crippen molar-refractivity contribution in [1.82, 2.24) is 0 Å². The van der Waals surface area contributed by atoms with Gasteiger partial charge in [-0.25, -0.2) is 4.39 Å². The molecular weight excluding hydrogens is 308 g/mol. The zero-order valence-corrected chi connectivity index (χ0v) is 11.8. The summed E-state index contributed by atoms with van der Waals surface area (Å²) in [7, 11) is 0. The van der Waals surface area contributed by atoms with E-state index in [1.807, 2.05) is 0 Å². The molecule has 0 unspecified atom stereocenters. The smallest absolute Gasteiger partial charge is 0.137 e. The first-order chi connectivity index (χ1) is 7.68. The summed E-state index contributed by atoms with van der Waals surface area (Å²) < 4.78 is 18.9. The number of rotatable bonds is 2. The van der Waals surface area contributed by atoms with Crippen LogP contribution in [0, 0.1) is 11.7 Å². The van der Waals surface area contributed by atoms with Crippen molar-refractivity contribution in [2.24, 2.45) is 11.7 Å². The van der Waals surface area contributed by atoms with Gasteiger partial charge in [0.05, 0.1) is 4.47 Å². The fraction of sp³-hybridized carbons (Fsp3) is 0.500. The molecule has 1 aromatic rings. The summed E-state index contributed by atoms with van der Waals surface area (Å²) in [6.45, 7) is 1.56. The third-order valence-corrected chi connectivity index (χ3v) is 3.71. The number of hydrogen-bond acceptors (Lipinski definition) is 2. The van der Waals surface area contributed by atoms with Crippen LogP contribution in [0.4, 0.5) is 4.39 Å². The zero-order valence-electron chi connectivity index (χ0n) is 9.36. The number of hydrogen-bond donors (Lipinski definition) is 1. The second-order valence-corrected chi connectivity index (χ2v) is 5.00. The molecule has 1 aliphatic heterocycles. The van der Waals surface area contributed by atoms with E-state index in [4.69, 9.17) is 10.5 Å². The predicted octanol–water partition coefficient (Wildman–Crippen LogP) is 3.44. The average molecular weight is 325 g/mol. The molecule has 17 heavy (non-hydrogen) atoms. The molecule has 96 valence electrons. The van der Waals surface area contributed by atoms with Gasteiger partial charge in [0.15, 0.2) is 0 Å². The lowest BCUT2D eigenvalue weighted by Crippen LogP contribution is -2.27. The maximum Gasteiger partial charge on any atom is 0.137 e. The molecule has 1 aliphatic rings. The summed E-state index contributed by atoms with van der Waals surface area (Å²) >= 11 is 3.18. The first-order valence-electron chi connectivity index (χ1n) is 5.47. The number of nitrogens with two attached hydrogens (primary N) is 1. The van der Waals surface area contributed by atoms with Crippen LogP contribution < -0.4 is 5.73 Å². The maximum atomic E-state index is 13.1. The van der Waals surface area contributed by atoms with Gasteiger partial charge in [0.2, 0.25) is 0 Å². The van der Waals surface area contributed by atoms with E-state index >= 15 is 0 Å². The molecule has 1 saturated heterocycles. The predicted molar refractivity (Wildman–Crippen MR) is 71.8 cm³/mol. The van der Waals surface area contributed by atoms with Gasteiger partial charge in [-0.3, -0.25) is 0 Å². The summed E-state index contributed by atoms with van der Waals surface area (Å²) in [4.78, 5) is 0. The molecule has 0 spiro atoms. The Morgan fingerprint density at radius 1 is 1.35 bits per heavy atom. The van der Waals surface area contributed by atoms with Crippen LogP contribution in [-0.4, -0.2) is 13.2 Å². The molecule has 0 aromatic heterocycles. The highest BCUT2D eigenvalue weighted by Gasteiger charge is 2.22. The van der Waals surface area contributed by atoms with Crippen molar-refractivity contribution in [3.05, 3.63) is 34.1 Å². The normalized spacial score (nSPS) is 18.5. The highest BCUT2D eigenvalue weighted by atomic mass is 79.9. The second-order valence-electron chi connectivity index (χ2n) is 4.15. The van der Waals surface area contributed by atoms with Gasteiger partial charge in [0.25, 0.3) is 0 Å². The summed E-state index contributed by atoms with van der Waals surface area (Å²) in [5.41, 5.74) is 7.18. The monoisotopic (exact) mass is 323 g/mol. The topological polar surface area (TPSA) is 35.2 Å². The highest BCUT2D eigenvalue weighted by molar-refractivity contribution is 9.10. The van der Waals surface area contributed by atoms with Crippen LogP contribution in [-0.2, 0) is 4.74 Å². The molecule has 1 fully saturated rings. The molecule has 0 saturated carbocycles. The van der Waals surface area contributed by atoms with Crippen molar-refractivity contribution < 1.29 is 9.13 Å². The first kappa shape index (κ1) is 14.9. The summed E-state index contributed by atoms with van der Waals surface area (Å²) in [5, 5.41) is 0. The van der Waals surface area contributed by atoms with Crippen LogP contribution in [0.25, 0.3) is 0 Å². The van der Waals surface area contributed by atoms with Gasteiger partial charge in [-0.2, -0.15) is 0 Å². The lowest BCUT2D eigenvalue weighted by Gasteiger charge is -2.28. The fourth-order valence-corrected chi connectivity index (χ4v) is 2.46. The molecule has 0 radical (unpaired) electrons. The summed E-state index contributed by atoms with van der Waals surface area (Å²) in [6.07, 6.45) is 1.96. The van der Waals surface area contributed by atoms with E-state index < -0.39 is 0 Å². The fourth-order valence-electron chi connectivity index (χ4n) is 2.07. The van der Waals surface area contributed by atoms with Crippen LogP contribution >= 0.6 is 28.3 Å². The minimum atomic E-state index is -0.247. The standard InChI is InChI=1S/C12H15BrFNO.ClH/c13-10-7-9(1-2-11(10)14)12(15)8-3-5-16-6-4-8;/h1-2,7-8,12H,3-6,15H2;1H/t12-;/m0./s1. The minimum absolute atomic E-state index is 0. The Balaban J connectivity index is 0.00000144. The zero-order chi connectivity index (χ0) is 11.5. The van der Waals surface area contributed by atoms with E-state index in [0.29, 0.717) is 10.4 Å². The Bertz CT molecular complexity index is 372. The van der Waals surface area contributed by atoms with Gasteiger partial charge < -0.3 is 10.5 Å². The Labute approximate surface area is 115 Å². The third kappa shape index (κ3) is 3.65. The highest BCUT2D eigenvalue weighted by Crippen LogP contribution is 2.30. The van der Waals surface area contributed by atoms with E-state index in [1.54, 1.807) is 12.1 Å². The van der Waals surface area contributed by atoms with Gasteiger partial charge in [-0.05, 0) is 52.4 Å². The molecular formula is C12H16BrClFNO. The number of ether oxygens (including phenoxy) is 1. The lowest BCUT2D eigenvalue weighted by molar-refractivity contribution is 0.0583. The van der Waals surface area contributed by atoms with Gasteiger partial charge in [-0.1, -0.05) is 6.07 Å². The molecule has 0 bridgehead atoms. The van der Waals surface area contributed by atoms with Crippen molar-refractivity contribution in [2.75, 3.05) is 13.2 Å². The van der Waals surface area contributed by atoms with Gasteiger partial charge >= 0.3 is 0 Å². The van der Waals surface area contributed by atoms with Crippen LogP contribution in [0.1, 0.15) is 24.4 Å². The van der Waals surface area contributed by atoms with Crippen molar-refractivity contribution in [2.45, 2.75) is 18.9 Å². The van der Waals surface area contributed by atoms with E-state index in [0.717, 1.165) is 31.6 Å². The maximum absolute atomic E-state index is 13.1. The molecule has 1 heterocycles. The molecule has 2 N–H and O–H groups in total. The molecule has 5 heteroatoms. The Morgan fingerprint density at radius 3 is 2.59 bits per heavy atom.